The number of ether oxygens (including phenoxy) is 1. The van der Waals surface area contributed by atoms with E-state index in [4.69, 9.17) is 9.84 Å². The van der Waals surface area contributed by atoms with Gasteiger partial charge in [0.1, 0.15) is 6.10 Å². The molecule has 4 nitrogen and oxygen atoms in total. The Bertz CT molecular complexity index is 386. The lowest BCUT2D eigenvalue weighted by Crippen LogP contribution is -2.30. The highest BCUT2D eigenvalue weighted by molar-refractivity contribution is 5.89. The molecule has 0 aliphatic heterocycles. The number of carbonyl (C=O) groups is 2. The molecule has 0 radical (unpaired) electrons. The minimum atomic E-state index is -0.960. The molecule has 0 aliphatic rings. The second-order valence-corrected chi connectivity index (χ2v) is 3.84. The Morgan fingerprint density at radius 2 is 1.88 bits per heavy atom. The molecular weight excluding hydrogens is 220 g/mol. The van der Waals surface area contributed by atoms with Crippen LogP contribution in [0.5, 0.6) is 0 Å². The van der Waals surface area contributed by atoms with Crippen molar-refractivity contribution in [2.45, 2.75) is 26.4 Å². The second-order valence-electron chi connectivity index (χ2n) is 3.84. The van der Waals surface area contributed by atoms with Crippen molar-refractivity contribution in [3.63, 3.8) is 0 Å². The molecule has 0 saturated carbocycles. The van der Waals surface area contributed by atoms with Gasteiger partial charge in [-0.25, -0.2) is 4.79 Å². The Labute approximate surface area is 100 Å². The number of benzene rings is 1. The predicted molar refractivity (Wildman–Crippen MR) is 62.7 cm³/mol. The van der Waals surface area contributed by atoms with Crippen LogP contribution in [0.15, 0.2) is 30.3 Å². The van der Waals surface area contributed by atoms with Gasteiger partial charge in [0.05, 0.1) is 11.5 Å². The molecule has 1 N–H and O–H groups in total. The molecule has 92 valence electrons. The highest BCUT2D eigenvalue weighted by Gasteiger charge is 2.25. The van der Waals surface area contributed by atoms with E-state index in [9.17, 15) is 9.59 Å². The number of carboxylic acid groups (broad SMARTS) is 1. The largest absolute Gasteiger partial charge is 0.481 e. The first kappa shape index (κ1) is 13.2. The summed E-state index contributed by atoms with van der Waals surface area (Å²) in [5.41, 5.74) is 0.434. The van der Waals surface area contributed by atoms with Crippen LogP contribution in [0.3, 0.4) is 0 Å². The van der Waals surface area contributed by atoms with Crippen molar-refractivity contribution in [2.75, 3.05) is 0 Å². The van der Waals surface area contributed by atoms with Gasteiger partial charge in [-0.15, -0.1) is 0 Å². The average molecular weight is 236 g/mol. The van der Waals surface area contributed by atoms with Gasteiger partial charge >= 0.3 is 11.9 Å². The average Bonchev–Trinajstić information content (AvgIpc) is 2.35. The molecule has 0 bridgehead atoms. The van der Waals surface area contributed by atoms with Crippen molar-refractivity contribution in [1.29, 1.82) is 0 Å². The lowest BCUT2D eigenvalue weighted by molar-refractivity contribution is -0.145. The van der Waals surface area contributed by atoms with E-state index in [0.717, 1.165) is 0 Å². The number of rotatable bonds is 5. The molecule has 0 aliphatic carbocycles. The van der Waals surface area contributed by atoms with Crippen molar-refractivity contribution in [1.82, 2.24) is 0 Å². The zero-order chi connectivity index (χ0) is 12.8. The van der Waals surface area contributed by atoms with Crippen LogP contribution in [0.25, 0.3) is 0 Å². The minimum absolute atomic E-state index is 0.434. The van der Waals surface area contributed by atoms with Crippen molar-refractivity contribution in [2.24, 2.45) is 5.92 Å². The topological polar surface area (TPSA) is 63.6 Å². The fourth-order valence-electron chi connectivity index (χ4n) is 1.48. The van der Waals surface area contributed by atoms with Crippen molar-refractivity contribution in [3.8, 4) is 0 Å². The number of carboxylic acids is 1. The van der Waals surface area contributed by atoms with Crippen LogP contribution in [0.2, 0.25) is 0 Å². The zero-order valence-corrected chi connectivity index (χ0v) is 9.92. The summed E-state index contributed by atoms with van der Waals surface area (Å²) in [4.78, 5) is 22.6. The first-order valence-corrected chi connectivity index (χ1v) is 5.55. The summed E-state index contributed by atoms with van der Waals surface area (Å²) < 4.78 is 5.19. The predicted octanol–water partition coefficient (Wildman–Crippen LogP) is 2.34. The third-order valence-corrected chi connectivity index (χ3v) is 2.62. The van der Waals surface area contributed by atoms with Gasteiger partial charge in [-0.1, -0.05) is 25.1 Å². The highest BCUT2D eigenvalue weighted by Crippen LogP contribution is 2.14. The Morgan fingerprint density at radius 3 is 2.35 bits per heavy atom. The Balaban J connectivity index is 2.70. The summed E-state index contributed by atoms with van der Waals surface area (Å²) in [5.74, 6) is -2.14. The van der Waals surface area contributed by atoms with E-state index in [1.807, 2.05) is 0 Å². The van der Waals surface area contributed by atoms with Gasteiger partial charge in [-0.3, -0.25) is 4.79 Å². The molecule has 1 aromatic carbocycles. The van der Waals surface area contributed by atoms with E-state index in [-0.39, 0.29) is 0 Å². The lowest BCUT2D eigenvalue weighted by atomic mass is 10.0. The minimum Gasteiger partial charge on any atom is -0.481 e. The normalized spacial score (nSPS) is 13.8. The third kappa shape index (κ3) is 3.59. The van der Waals surface area contributed by atoms with Gasteiger partial charge in [-0.05, 0) is 25.5 Å². The lowest BCUT2D eigenvalue weighted by Gasteiger charge is -2.19. The van der Waals surface area contributed by atoms with Crippen LogP contribution in [0.4, 0.5) is 0 Å². The summed E-state index contributed by atoms with van der Waals surface area (Å²) in [5, 5.41) is 8.88. The SMILES string of the molecule is CCC(OC(=O)c1ccccc1)C(C)C(=O)O. The fraction of sp³-hybridized carbons (Fsp3) is 0.385. The van der Waals surface area contributed by atoms with Gasteiger partial charge in [0.15, 0.2) is 0 Å². The van der Waals surface area contributed by atoms with Crippen LogP contribution in [-0.4, -0.2) is 23.1 Å². The summed E-state index contributed by atoms with van der Waals surface area (Å²) >= 11 is 0. The van der Waals surface area contributed by atoms with Crippen molar-refractivity contribution < 1.29 is 19.4 Å². The van der Waals surface area contributed by atoms with Crippen LogP contribution >= 0.6 is 0 Å². The quantitative estimate of drug-likeness (QED) is 0.797. The Kier molecular flexibility index (Phi) is 4.69. The Hall–Kier alpha value is -1.84. The number of hydrogen-bond acceptors (Lipinski definition) is 3. The number of hydrogen-bond donors (Lipinski definition) is 1. The second kappa shape index (κ2) is 6.03. The standard InChI is InChI=1S/C13H16O4/c1-3-11(9(2)12(14)15)17-13(16)10-7-5-4-6-8-10/h4-9,11H,3H2,1-2H3,(H,14,15). The molecule has 1 aromatic rings. The van der Waals surface area contributed by atoms with Crippen LogP contribution in [-0.2, 0) is 9.53 Å². The van der Waals surface area contributed by atoms with E-state index in [1.54, 1.807) is 37.3 Å². The molecular formula is C13H16O4. The first-order valence-electron chi connectivity index (χ1n) is 5.55. The van der Waals surface area contributed by atoms with Gasteiger partial charge in [0.2, 0.25) is 0 Å². The fourth-order valence-corrected chi connectivity index (χ4v) is 1.48. The van der Waals surface area contributed by atoms with E-state index in [1.165, 1.54) is 6.92 Å². The monoisotopic (exact) mass is 236 g/mol. The summed E-state index contributed by atoms with van der Waals surface area (Å²) in [7, 11) is 0. The van der Waals surface area contributed by atoms with E-state index in [0.29, 0.717) is 12.0 Å². The molecule has 0 amide bonds. The van der Waals surface area contributed by atoms with E-state index < -0.39 is 24.0 Å². The first-order chi connectivity index (χ1) is 8.06. The number of carbonyl (C=O) groups excluding carboxylic acids is 1. The van der Waals surface area contributed by atoms with Gasteiger partial charge in [-0.2, -0.15) is 0 Å². The highest BCUT2D eigenvalue weighted by atomic mass is 16.5. The van der Waals surface area contributed by atoms with Gasteiger partial charge in [0.25, 0.3) is 0 Å². The molecule has 0 aromatic heterocycles. The van der Waals surface area contributed by atoms with Crippen LogP contribution in [0.1, 0.15) is 30.6 Å². The molecule has 1 rings (SSSR count). The van der Waals surface area contributed by atoms with Crippen molar-refractivity contribution >= 4 is 11.9 Å². The molecule has 17 heavy (non-hydrogen) atoms. The van der Waals surface area contributed by atoms with E-state index in [2.05, 4.69) is 0 Å². The van der Waals surface area contributed by atoms with Crippen LogP contribution in [0, 0.1) is 5.92 Å². The maximum Gasteiger partial charge on any atom is 0.338 e. The van der Waals surface area contributed by atoms with E-state index >= 15 is 0 Å². The molecule has 4 heteroatoms. The molecule has 0 spiro atoms. The smallest absolute Gasteiger partial charge is 0.338 e. The van der Waals surface area contributed by atoms with Crippen molar-refractivity contribution in [3.05, 3.63) is 35.9 Å². The summed E-state index contributed by atoms with van der Waals surface area (Å²) in [6.45, 7) is 3.33. The zero-order valence-electron chi connectivity index (χ0n) is 9.92. The molecule has 0 heterocycles. The van der Waals surface area contributed by atoms with Gasteiger partial charge < -0.3 is 9.84 Å². The number of aliphatic carboxylic acids is 1. The number of esters is 1. The van der Waals surface area contributed by atoms with Crippen LogP contribution < -0.4 is 0 Å². The third-order valence-electron chi connectivity index (χ3n) is 2.62. The molecule has 0 fully saturated rings. The molecule has 0 saturated heterocycles. The Morgan fingerprint density at radius 1 is 1.29 bits per heavy atom. The summed E-state index contributed by atoms with van der Waals surface area (Å²) in [6, 6.07) is 8.55. The van der Waals surface area contributed by atoms with Gasteiger partial charge in [0, 0.05) is 0 Å². The molecule has 2 atom stereocenters. The maximum atomic E-state index is 11.7. The maximum absolute atomic E-state index is 11.7. The molecule has 2 unspecified atom stereocenters. The summed E-state index contributed by atoms with van der Waals surface area (Å²) in [6.07, 6.45) is -0.119.